The van der Waals surface area contributed by atoms with Gasteiger partial charge in [-0.2, -0.15) is 0 Å². The van der Waals surface area contributed by atoms with E-state index in [9.17, 15) is 4.79 Å². The van der Waals surface area contributed by atoms with Gasteiger partial charge in [0.25, 0.3) is 0 Å². The van der Waals surface area contributed by atoms with Gasteiger partial charge < -0.3 is 0 Å². The van der Waals surface area contributed by atoms with Crippen LogP contribution in [0.1, 0.15) is 11.1 Å². The number of pyridine rings is 1. The zero-order valence-electron chi connectivity index (χ0n) is 10.9. The van der Waals surface area contributed by atoms with Crippen molar-refractivity contribution >= 4 is 27.7 Å². The van der Waals surface area contributed by atoms with Gasteiger partial charge in [-0.1, -0.05) is 24.3 Å². The van der Waals surface area contributed by atoms with Crippen LogP contribution < -0.4 is 4.90 Å². The Morgan fingerprint density at radius 1 is 1.26 bits per heavy atom. The topological polar surface area (TPSA) is 33.2 Å². The molecule has 4 heteroatoms. The van der Waals surface area contributed by atoms with E-state index in [0.717, 1.165) is 15.6 Å². The number of anilines is 1. The molecule has 0 spiro atoms. The molecule has 2 rings (SSSR count). The van der Waals surface area contributed by atoms with Crippen molar-refractivity contribution in [2.24, 2.45) is 0 Å². The number of amides is 1. The van der Waals surface area contributed by atoms with Crippen LogP contribution in [0.25, 0.3) is 0 Å². The van der Waals surface area contributed by atoms with E-state index in [1.165, 1.54) is 0 Å². The Balaban J connectivity index is 2.17. The maximum absolute atomic E-state index is 12.3. The first kappa shape index (κ1) is 13.7. The first-order valence-electron chi connectivity index (χ1n) is 6.01. The molecule has 3 nitrogen and oxygen atoms in total. The molecule has 0 aliphatic heterocycles. The molecule has 1 amide bonds. The van der Waals surface area contributed by atoms with Gasteiger partial charge in [0.2, 0.25) is 5.91 Å². The van der Waals surface area contributed by atoms with Crippen LogP contribution in [0, 0.1) is 6.92 Å². The van der Waals surface area contributed by atoms with Gasteiger partial charge in [0.1, 0.15) is 5.82 Å². The number of halogens is 1. The van der Waals surface area contributed by atoms with Crippen molar-refractivity contribution in [3.05, 3.63) is 58.2 Å². The molecule has 0 aliphatic carbocycles. The maximum Gasteiger partial charge on any atom is 0.232 e. The summed E-state index contributed by atoms with van der Waals surface area (Å²) in [6, 6.07) is 11.6. The summed E-state index contributed by atoms with van der Waals surface area (Å²) in [4.78, 5) is 18.1. The summed E-state index contributed by atoms with van der Waals surface area (Å²) in [6.07, 6.45) is 2.06. The van der Waals surface area contributed by atoms with Gasteiger partial charge in [0, 0.05) is 13.2 Å². The number of carbonyl (C=O) groups is 1. The maximum atomic E-state index is 12.3. The average Bonchev–Trinajstić information content (AvgIpc) is 2.41. The number of benzene rings is 1. The van der Waals surface area contributed by atoms with Crippen LogP contribution in [-0.4, -0.2) is 17.9 Å². The minimum absolute atomic E-state index is 0.0219. The second-order valence-electron chi connectivity index (χ2n) is 4.36. The number of hydrogen-bond acceptors (Lipinski definition) is 2. The lowest BCUT2D eigenvalue weighted by atomic mass is 10.1. The minimum atomic E-state index is 0.0219. The van der Waals surface area contributed by atoms with E-state index in [4.69, 9.17) is 0 Å². The quantitative estimate of drug-likeness (QED) is 0.869. The minimum Gasteiger partial charge on any atom is -0.299 e. The van der Waals surface area contributed by atoms with Gasteiger partial charge in [-0.15, -0.1) is 0 Å². The van der Waals surface area contributed by atoms with E-state index in [2.05, 4.69) is 20.9 Å². The summed E-state index contributed by atoms with van der Waals surface area (Å²) in [5.74, 6) is 0.662. The molecule has 0 saturated heterocycles. The van der Waals surface area contributed by atoms with Crippen molar-refractivity contribution < 1.29 is 4.79 Å². The monoisotopic (exact) mass is 318 g/mol. The SMILES string of the molecule is Cc1ccccc1CC(=O)N(C)c1ncccc1Br. The van der Waals surface area contributed by atoms with Crippen LogP contribution >= 0.6 is 15.9 Å². The van der Waals surface area contributed by atoms with Crippen molar-refractivity contribution in [1.29, 1.82) is 0 Å². The van der Waals surface area contributed by atoms with Crippen LogP contribution in [0.2, 0.25) is 0 Å². The molecule has 0 radical (unpaired) electrons. The third-order valence-corrected chi connectivity index (χ3v) is 3.65. The number of carbonyl (C=O) groups excluding carboxylic acids is 1. The van der Waals surface area contributed by atoms with E-state index in [1.54, 1.807) is 18.1 Å². The predicted octanol–water partition coefficient (Wildman–Crippen LogP) is 3.36. The van der Waals surface area contributed by atoms with Gasteiger partial charge in [-0.25, -0.2) is 4.98 Å². The highest BCUT2D eigenvalue weighted by atomic mass is 79.9. The first-order valence-corrected chi connectivity index (χ1v) is 6.80. The average molecular weight is 319 g/mol. The Hall–Kier alpha value is -1.68. The third kappa shape index (κ3) is 3.20. The zero-order chi connectivity index (χ0) is 13.8. The van der Waals surface area contributed by atoms with E-state index in [1.807, 2.05) is 43.3 Å². The zero-order valence-corrected chi connectivity index (χ0v) is 12.5. The van der Waals surface area contributed by atoms with Crippen LogP contribution in [0.4, 0.5) is 5.82 Å². The van der Waals surface area contributed by atoms with Crippen molar-refractivity contribution in [1.82, 2.24) is 4.98 Å². The number of likely N-dealkylation sites (N-methyl/N-ethyl adjacent to an activating group) is 1. The highest BCUT2D eigenvalue weighted by molar-refractivity contribution is 9.10. The van der Waals surface area contributed by atoms with E-state index in [0.29, 0.717) is 12.2 Å². The van der Waals surface area contributed by atoms with Gasteiger partial charge >= 0.3 is 0 Å². The lowest BCUT2D eigenvalue weighted by molar-refractivity contribution is -0.117. The molecule has 0 saturated carbocycles. The van der Waals surface area contributed by atoms with E-state index >= 15 is 0 Å². The smallest absolute Gasteiger partial charge is 0.232 e. The molecule has 19 heavy (non-hydrogen) atoms. The summed E-state index contributed by atoms with van der Waals surface area (Å²) in [7, 11) is 1.74. The molecule has 1 heterocycles. The number of aryl methyl sites for hydroxylation is 1. The van der Waals surface area contributed by atoms with Gasteiger partial charge in [0.05, 0.1) is 10.9 Å². The fraction of sp³-hybridized carbons (Fsp3) is 0.200. The molecular formula is C15H15BrN2O. The molecule has 0 N–H and O–H groups in total. The summed E-state index contributed by atoms with van der Waals surface area (Å²) < 4.78 is 0.815. The molecular weight excluding hydrogens is 304 g/mol. The summed E-state index contributed by atoms with van der Waals surface area (Å²) in [5, 5.41) is 0. The normalized spacial score (nSPS) is 10.3. The summed E-state index contributed by atoms with van der Waals surface area (Å²) in [6.45, 7) is 2.01. The van der Waals surface area contributed by atoms with Crippen molar-refractivity contribution in [2.75, 3.05) is 11.9 Å². The standard InChI is InChI=1S/C15H15BrN2O/c1-11-6-3-4-7-12(11)10-14(19)18(2)15-13(16)8-5-9-17-15/h3-9H,10H2,1-2H3. The largest absolute Gasteiger partial charge is 0.299 e. The molecule has 0 unspecified atom stereocenters. The Bertz CT molecular complexity index is 598. The fourth-order valence-electron chi connectivity index (χ4n) is 1.83. The lowest BCUT2D eigenvalue weighted by Gasteiger charge is -2.18. The van der Waals surface area contributed by atoms with E-state index in [-0.39, 0.29) is 5.91 Å². The molecule has 2 aromatic rings. The molecule has 1 aromatic carbocycles. The highest BCUT2D eigenvalue weighted by Crippen LogP contribution is 2.22. The van der Waals surface area contributed by atoms with Gasteiger partial charge in [0.15, 0.2) is 0 Å². The lowest BCUT2D eigenvalue weighted by Crippen LogP contribution is -2.29. The molecule has 98 valence electrons. The second-order valence-corrected chi connectivity index (χ2v) is 5.22. The first-order chi connectivity index (χ1) is 9.09. The number of nitrogens with zero attached hydrogens (tertiary/aromatic N) is 2. The number of hydrogen-bond donors (Lipinski definition) is 0. The Morgan fingerprint density at radius 3 is 2.68 bits per heavy atom. The predicted molar refractivity (Wildman–Crippen MR) is 80.2 cm³/mol. The third-order valence-electron chi connectivity index (χ3n) is 3.03. The Morgan fingerprint density at radius 2 is 2.00 bits per heavy atom. The number of aromatic nitrogens is 1. The highest BCUT2D eigenvalue weighted by Gasteiger charge is 2.15. The molecule has 0 fully saturated rings. The molecule has 0 atom stereocenters. The molecule has 1 aromatic heterocycles. The van der Waals surface area contributed by atoms with Gasteiger partial charge in [-0.3, -0.25) is 9.69 Å². The second kappa shape index (κ2) is 5.97. The number of rotatable bonds is 3. The Kier molecular flexibility index (Phi) is 4.32. The summed E-state index contributed by atoms with van der Waals surface area (Å²) in [5.41, 5.74) is 2.18. The van der Waals surface area contributed by atoms with Crippen LogP contribution in [-0.2, 0) is 11.2 Å². The fourth-order valence-corrected chi connectivity index (χ4v) is 2.35. The van der Waals surface area contributed by atoms with Crippen LogP contribution in [0.5, 0.6) is 0 Å². The van der Waals surface area contributed by atoms with Crippen molar-refractivity contribution in [3.63, 3.8) is 0 Å². The van der Waals surface area contributed by atoms with E-state index < -0.39 is 0 Å². The van der Waals surface area contributed by atoms with Crippen molar-refractivity contribution in [2.45, 2.75) is 13.3 Å². The van der Waals surface area contributed by atoms with Gasteiger partial charge in [-0.05, 0) is 46.1 Å². The molecule has 0 bridgehead atoms. The molecule has 0 aliphatic rings. The van der Waals surface area contributed by atoms with Crippen molar-refractivity contribution in [3.8, 4) is 0 Å². The summed E-state index contributed by atoms with van der Waals surface area (Å²) >= 11 is 3.41. The Labute approximate surface area is 121 Å². The van der Waals surface area contributed by atoms with Crippen LogP contribution in [0.3, 0.4) is 0 Å². The van der Waals surface area contributed by atoms with Crippen LogP contribution in [0.15, 0.2) is 47.1 Å².